The van der Waals surface area contributed by atoms with Gasteiger partial charge in [-0.1, -0.05) is 0 Å². The molecule has 1 aliphatic rings. The van der Waals surface area contributed by atoms with Crippen LogP contribution in [0.15, 0.2) is 17.0 Å². The summed E-state index contributed by atoms with van der Waals surface area (Å²) < 4.78 is 36.1. The molecule has 2 rings (SSSR count). The van der Waals surface area contributed by atoms with Gasteiger partial charge in [0.15, 0.2) is 0 Å². The predicted octanol–water partition coefficient (Wildman–Crippen LogP) is 1.95. The van der Waals surface area contributed by atoms with Gasteiger partial charge in [0.1, 0.15) is 5.82 Å². The summed E-state index contributed by atoms with van der Waals surface area (Å²) >= 11 is 0. The molecule has 0 heterocycles. The Morgan fingerprint density at radius 2 is 2.06 bits per heavy atom. The molecule has 1 N–H and O–H groups in total. The highest BCUT2D eigenvalue weighted by Gasteiger charge is 2.25. The molecule has 1 fully saturated rings. The van der Waals surface area contributed by atoms with E-state index in [1.807, 2.05) is 0 Å². The van der Waals surface area contributed by atoms with E-state index in [4.69, 9.17) is 10.7 Å². The Kier molecular flexibility index (Phi) is 3.33. The molecule has 0 atom stereocenters. The van der Waals surface area contributed by atoms with Crippen molar-refractivity contribution in [1.82, 2.24) is 5.32 Å². The van der Waals surface area contributed by atoms with Gasteiger partial charge in [-0.3, -0.25) is 4.79 Å². The largest absolute Gasteiger partial charge is 0.349 e. The molecular weight excluding hydrogens is 281 g/mol. The van der Waals surface area contributed by atoms with Crippen LogP contribution in [0, 0.1) is 12.7 Å². The van der Waals surface area contributed by atoms with Gasteiger partial charge in [0.25, 0.3) is 15.0 Å². The van der Waals surface area contributed by atoms with Crippen LogP contribution in [0.2, 0.25) is 0 Å². The maximum Gasteiger partial charge on any atom is 0.261 e. The van der Waals surface area contributed by atoms with E-state index in [0.717, 1.165) is 25.0 Å². The second-order valence-electron chi connectivity index (χ2n) is 4.27. The maximum atomic E-state index is 13.6. The Balaban J connectivity index is 2.43. The average molecular weight is 292 g/mol. The van der Waals surface area contributed by atoms with Crippen molar-refractivity contribution in [3.63, 3.8) is 0 Å². The van der Waals surface area contributed by atoms with Gasteiger partial charge in [-0.05, 0) is 31.9 Å². The summed E-state index contributed by atoms with van der Waals surface area (Å²) in [5.41, 5.74) is -0.128. The number of nitrogens with one attached hydrogen (secondary N) is 1. The van der Waals surface area contributed by atoms with Crippen LogP contribution in [0.3, 0.4) is 0 Å². The van der Waals surface area contributed by atoms with Crippen molar-refractivity contribution in [3.05, 3.63) is 29.1 Å². The van der Waals surface area contributed by atoms with Crippen molar-refractivity contribution in [1.29, 1.82) is 0 Å². The highest BCUT2D eigenvalue weighted by molar-refractivity contribution is 8.13. The maximum absolute atomic E-state index is 13.6. The van der Waals surface area contributed by atoms with Crippen LogP contribution in [0.4, 0.5) is 4.39 Å². The molecule has 1 amide bonds. The van der Waals surface area contributed by atoms with E-state index in [1.54, 1.807) is 0 Å². The van der Waals surface area contributed by atoms with Crippen molar-refractivity contribution in [2.24, 2.45) is 0 Å². The molecule has 0 bridgehead atoms. The zero-order valence-electron chi connectivity index (χ0n) is 9.54. The minimum atomic E-state index is -4.07. The first-order chi connectivity index (χ1) is 8.29. The molecule has 1 saturated carbocycles. The fraction of sp³-hybridized carbons (Fsp3) is 0.364. The Hall–Kier alpha value is -1.14. The van der Waals surface area contributed by atoms with Crippen LogP contribution < -0.4 is 5.32 Å². The Bertz CT molecular complexity index is 611. The lowest BCUT2D eigenvalue weighted by Crippen LogP contribution is -2.25. The van der Waals surface area contributed by atoms with E-state index in [2.05, 4.69) is 5.32 Å². The first kappa shape index (κ1) is 13.3. The molecule has 0 radical (unpaired) electrons. The van der Waals surface area contributed by atoms with E-state index in [-0.39, 0.29) is 22.1 Å². The Morgan fingerprint density at radius 1 is 1.44 bits per heavy atom. The van der Waals surface area contributed by atoms with Crippen molar-refractivity contribution in [2.45, 2.75) is 30.7 Å². The summed E-state index contributed by atoms with van der Waals surface area (Å²) in [4.78, 5) is 11.4. The molecule has 0 aromatic heterocycles. The van der Waals surface area contributed by atoms with Gasteiger partial charge in [-0.15, -0.1) is 0 Å². The number of rotatable bonds is 3. The van der Waals surface area contributed by atoms with Crippen LogP contribution in [-0.4, -0.2) is 20.4 Å². The van der Waals surface area contributed by atoms with Crippen molar-refractivity contribution in [3.8, 4) is 0 Å². The molecule has 1 aliphatic carbocycles. The summed E-state index contributed by atoms with van der Waals surface area (Å²) in [6.45, 7) is 1.30. The van der Waals surface area contributed by atoms with Crippen molar-refractivity contribution >= 4 is 25.6 Å². The summed E-state index contributed by atoms with van der Waals surface area (Å²) in [5, 5.41) is 2.65. The van der Waals surface area contributed by atoms with E-state index in [9.17, 15) is 17.6 Å². The van der Waals surface area contributed by atoms with Crippen LogP contribution in [0.5, 0.6) is 0 Å². The van der Waals surface area contributed by atoms with Crippen LogP contribution in [0.1, 0.15) is 28.8 Å². The van der Waals surface area contributed by atoms with Crippen molar-refractivity contribution < 1.29 is 17.6 Å². The van der Waals surface area contributed by atoms with Gasteiger partial charge >= 0.3 is 0 Å². The lowest BCUT2D eigenvalue weighted by atomic mass is 10.1. The Labute approximate surface area is 109 Å². The molecule has 0 saturated heterocycles. The summed E-state index contributed by atoms with van der Waals surface area (Å²) in [6, 6.07) is 2.22. The summed E-state index contributed by atoms with van der Waals surface area (Å²) in [7, 11) is 1.13. The molecule has 0 unspecified atom stereocenters. The number of hydrogen-bond donors (Lipinski definition) is 1. The van der Waals surface area contributed by atoms with E-state index >= 15 is 0 Å². The van der Waals surface area contributed by atoms with Crippen LogP contribution in [-0.2, 0) is 9.05 Å². The van der Waals surface area contributed by atoms with E-state index in [1.165, 1.54) is 6.92 Å². The SMILES string of the molecule is Cc1c(F)cc(C(=O)NC2CC2)cc1S(=O)(=O)Cl. The summed E-state index contributed by atoms with van der Waals surface area (Å²) in [6.07, 6.45) is 1.78. The molecule has 0 aliphatic heterocycles. The molecule has 18 heavy (non-hydrogen) atoms. The zero-order valence-corrected chi connectivity index (χ0v) is 11.1. The minimum absolute atomic E-state index is 0.0378. The lowest BCUT2D eigenvalue weighted by Gasteiger charge is -2.08. The smallest absolute Gasteiger partial charge is 0.261 e. The number of hydrogen-bond acceptors (Lipinski definition) is 3. The van der Waals surface area contributed by atoms with E-state index < -0.39 is 20.8 Å². The fourth-order valence-corrected chi connectivity index (χ4v) is 2.75. The zero-order chi connectivity index (χ0) is 13.5. The van der Waals surface area contributed by atoms with Crippen LogP contribution in [0.25, 0.3) is 0 Å². The van der Waals surface area contributed by atoms with Gasteiger partial charge in [0.2, 0.25) is 0 Å². The third-order valence-corrected chi connectivity index (χ3v) is 4.18. The number of amides is 1. The third-order valence-electron chi connectivity index (χ3n) is 2.73. The van der Waals surface area contributed by atoms with Gasteiger partial charge < -0.3 is 5.32 Å². The fourth-order valence-electron chi connectivity index (χ4n) is 1.53. The molecule has 4 nitrogen and oxygen atoms in total. The Morgan fingerprint density at radius 3 is 2.56 bits per heavy atom. The third kappa shape index (κ3) is 2.81. The van der Waals surface area contributed by atoms with Gasteiger partial charge in [0, 0.05) is 27.9 Å². The molecule has 1 aromatic carbocycles. The number of carbonyl (C=O) groups excluding carboxylic acids is 1. The number of halogens is 2. The molecule has 0 spiro atoms. The molecular formula is C11H11ClFNO3S. The summed E-state index contributed by atoms with van der Waals surface area (Å²) in [5.74, 6) is -1.25. The first-order valence-corrected chi connectivity index (χ1v) is 7.65. The van der Waals surface area contributed by atoms with Gasteiger partial charge in [-0.2, -0.15) is 0 Å². The second kappa shape index (κ2) is 4.51. The number of carbonyl (C=O) groups is 1. The highest BCUT2D eigenvalue weighted by Crippen LogP contribution is 2.25. The quantitative estimate of drug-likeness (QED) is 0.866. The van der Waals surface area contributed by atoms with Crippen molar-refractivity contribution in [2.75, 3.05) is 0 Å². The topological polar surface area (TPSA) is 63.2 Å². The van der Waals surface area contributed by atoms with Gasteiger partial charge in [-0.25, -0.2) is 12.8 Å². The molecule has 1 aromatic rings. The average Bonchev–Trinajstić information content (AvgIpc) is 3.03. The monoisotopic (exact) mass is 291 g/mol. The van der Waals surface area contributed by atoms with Gasteiger partial charge in [0.05, 0.1) is 4.90 Å². The van der Waals surface area contributed by atoms with E-state index in [0.29, 0.717) is 0 Å². The minimum Gasteiger partial charge on any atom is -0.349 e. The standard InChI is InChI=1S/C11H11ClFNO3S/c1-6-9(13)4-7(5-10(6)18(12,16)17)11(15)14-8-2-3-8/h4-5,8H,2-3H2,1H3,(H,14,15). The lowest BCUT2D eigenvalue weighted by molar-refractivity contribution is 0.0950. The highest BCUT2D eigenvalue weighted by atomic mass is 35.7. The second-order valence-corrected chi connectivity index (χ2v) is 6.80. The number of benzene rings is 1. The normalized spacial score (nSPS) is 15.5. The predicted molar refractivity (Wildman–Crippen MR) is 64.7 cm³/mol. The molecule has 7 heteroatoms. The first-order valence-electron chi connectivity index (χ1n) is 5.34. The van der Waals surface area contributed by atoms with Crippen LogP contribution >= 0.6 is 10.7 Å². The molecule has 98 valence electrons.